The number of phenolic OH excluding ortho intramolecular Hbond substituents is 2. The maximum Gasteiger partial charge on any atom is 0.196 e. The highest BCUT2D eigenvalue weighted by Crippen LogP contribution is 2.35. The van der Waals surface area contributed by atoms with E-state index in [1.165, 1.54) is 12.1 Å². The predicted molar refractivity (Wildman–Crippen MR) is 92.1 cm³/mol. The van der Waals surface area contributed by atoms with Gasteiger partial charge in [-0.1, -0.05) is 42.5 Å². The fourth-order valence-corrected chi connectivity index (χ4v) is 2.65. The third-order valence-corrected chi connectivity index (χ3v) is 3.90. The SMILES string of the molecule is O=C(c1ccccc1)c1ccc(O)c(-n2nc3ccccc3n2)c1O. The van der Waals surface area contributed by atoms with Crippen molar-refractivity contribution in [2.45, 2.75) is 0 Å². The summed E-state index contributed by atoms with van der Waals surface area (Å²) in [5.41, 5.74) is 1.70. The Morgan fingerprint density at radius 1 is 0.800 bits per heavy atom. The molecule has 6 nitrogen and oxygen atoms in total. The van der Waals surface area contributed by atoms with Gasteiger partial charge in [0.05, 0.1) is 5.56 Å². The zero-order chi connectivity index (χ0) is 17.4. The van der Waals surface area contributed by atoms with E-state index in [0.29, 0.717) is 16.6 Å². The number of ketones is 1. The number of aromatic nitrogens is 3. The summed E-state index contributed by atoms with van der Waals surface area (Å²) in [6.07, 6.45) is 0. The molecule has 0 aliphatic rings. The lowest BCUT2D eigenvalue weighted by Crippen LogP contribution is -2.06. The molecule has 122 valence electrons. The van der Waals surface area contributed by atoms with E-state index in [9.17, 15) is 15.0 Å². The first kappa shape index (κ1) is 14.9. The summed E-state index contributed by atoms with van der Waals surface area (Å²) in [5, 5.41) is 29.3. The molecule has 3 aromatic carbocycles. The molecular weight excluding hydrogens is 318 g/mol. The van der Waals surface area contributed by atoms with Crippen LogP contribution in [0.2, 0.25) is 0 Å². The highest BCUT2D eigenvalue weighted by atomic mass is 16.3. The van der Waals surface area contributed by atoms with Gasteiger partial charge in [0.15, 0.2) is 17.2 Å². The van der Waals surface area contributed by atoms with Gasteiger partial charge in [0, 0.05) is 5.56 Å². The van der Waals surface area contributed by atoms with Crippen molar-refractivity contribution in [3.63, 3.8) is 0 Å². The molecule has 6 heteroatoms. The number of hydrogen-bond donors (Lipinski definition) is 2. The summed E-state index contributed by atoms with van der Waals surface area (Å²) >= 11 is 0. The zero-order valence-electron chi connectivity index (χ0n) is 13.0. The first-order valence-electron chi connectivity index (χ1n) is 7.62. The quantitative estimate of drug-likeness (QED) is 0.563. The van der Waals surface area contributed by atoms with Gasteiger partial charge in [-0.25, -0.2) is 0 Å². The van der Waals surface area contributed by atoms with Crippen molar-refractivity contribution in [2.24, 2.45) is 0 Å². The summed E-state index contributed by atoms with van der Waals surface area (Å²) in [6.45, 7) is 0. The average molecular weight is 331 g/mol. The van der Waals surface area contributed by atoms with Gasteiger partial charge < -0.3 is 10.2 Å². The first-order valence-corrected chi connectivity index (χ1v) is 7.62. The lowest BCUT2D eigenvalue weighted by molar-refractivity contribution is 0.103. The van der Waals surface area contributed by atoms with Gasteiger partial charge >= 0.3 is 0 Å². The van der Waals surface area contributed by atoms with Crippen LogP contribution in [0.1, 0.15) is 15.9 Å². The second-order valence-electron chi connectivity index (χ2n) is 5.50. The maximum atomic E-state index is 12.6. The third-order valence-electron chi connectivity index (χ3n) is 3.90. The smallest absolute Gasteiger partial charge is 0.196 e. The lowest BCUT2D eigenvalue weighted by Gasteiger charge is -2.10. The van der Waals surface area contributed by atoms with Crippen LogP contribution in [0.4, 0.5) is 0 Å². The summed E-state index contributed by atoms with van der Waals surface area (Å²) < 4.78 is 0. The van der Waals surface area contributed by atoms with Crippen molar-refractivity contribution >= 4 is 16.8 Å². The molecule has 1 aromatic heterocycles. The van der Waals surface area contributed by atoms with Crippen LogP contribution in [0.15, 0.2) is 66.7 Å². The van der Waals surface area contributed by atoms with Crippen LogP contribution in [0.5, 0.6) is 11.5 Å². The van der Waals surface area contributed by atoms with Crippen molar-refractivity contribution < 1.29 is 15.0 Å². The highest BCUT2D eigenvalue weighted by molar-refractivity contribution is 6.11. The molecule has 0 atom stereocenters. The predicted octanol–water partition coefficient (Wildman–Crippen LogP) is 3.06. The molecule has 0 bridgehead atoms. The molecule has 0 saturated carbocycles. The van der Waals surface area contributed by atoms with Gasteiger partial charge in [-0.05, 0) is 24.3 Å². The number of aromatic hydroxyl groups is 2. The van der Waals surface area contributed by atoms with Gasteiger partial charge in [-0.15, -0.1) is 15.0 Å². The van der Waals surface area contributed by atoms with Crippen LogP contribution in [0, 0.1) is 0 Å². The van der Waals surface area contributed by atoms with E-state index < -0.39 is 0 Å². The fraction of sp³-hybridized carbons (Fsp3) is 0. The Kier molecular flexibility index (Phi) is 3.43. The number of hydrogen-bond acceptors (Lipinski definition) is 5. The van der Waals surface area contributed by atoms with Crippen molar-refractivity contribution in [3.8, 4) is 17.2 Å². The van der Waals surface area contributed by atoms with Gasteiger partial charge in [0.25, 0.3) is 0 Å². The molecule has 4 rings (SSSR count). The molecule has 0 spiro atoms. The Bertz CT molecular complexity index is 1050. The number of carbonyl (C=O) groups is 1. The normalized spacial score (nSPS) is 10.9. The minimum Gasteiger partial charge on any atom is -0.505 e. The van der Waals surface area contributed by atoms with E-state index in [2.05, 4.69) is 10.2 Å². The molecule has 0 amide bonds. The van der Waals surface area contributed by atoms with E-state index in [0.717, 1.165) is 4.80 Å². The zero-order valence-corrected chi connectivity index (χ0v) is 13.0. The topological polar surface area (TPSA) is 88.2 Å². The minimum absolute atomic E-state index is 0.0296. The Labute approximate surface area is 142 Å². The number of benzene rings is 3. The maximum absolute atomic E-state index is 12.6. The van der Waals surface area contributed by atoms with E-state index >= 15 is 0 Å². The van der Waals surface area contributed by atoms with E-state index in [1.807, 2.05) is 12.1 Å². The van der Waals surface area contributed by atoms with Crippen LogP contribution < -0.4 is 0 Å². The minimum atomic E-state index is -0.367. The average Bonchev–Trinajstić information content (AvgIpc) is 3.05. The molecule has 0 radical (unpaired) electrons. The standard InChI is InChI=1S/C19H13N3O3/c23-16-11-10-13(18(24)12-6-2-1-3-7-12)19(25)17(16)22-20-14-8-4-5-9-15(14)21-22/h1-11,23,25H. The third kappa shape index (κ3) is 2.49. The highest BCUT2D eigenvalue weighted by Gasteiger charge is 2.21. The van der Waals surface area contributed by atoms with Crippen LogP contribution in [0.3, 0.4) is 0 Å². The van der Waals surface area contributed by atoms with E-state index in [1.54, 1.807) is 42.5 Å². The molecule has 25 heavy (non-hydrogen) atoms. The fourth-order valence-electron chi connectivity index (χ4n) is 2.65. The molecule has 0 saturated heterocycles. The van der Waals surface area contributed by atoms with Crippen LogP contribution >= 0.6 is 0 Å². The largest absolute Gasteiger partial charge is 0.505 e. The van der Waals surface area contributed by atoms with Gasteiger partial charge in [0.2, 0.25) is 0 Å². The summed E-state index contributed by atoms with van der Waals surface area (Å²) in [7, 11) is 0. The number of fused-ring (bicyclic) bond motifs is 1. The van der Waals surface area contributed by atoms with Crippen molar-refractivity contribution in [1.29, 1.82) is 0 Å². The lowest BCUT2D eigenvalue weighted by atomic mass is 10.0. The van der Waals surface area contributed by atoms with Gasteiger partial charge in [-0.2, -0.15) is 0 Å². The number of phenols is 2. The molecule has 4 aromatic rings. The van der Waals surface area contributed by atoms with Crippen molar-refractivity contribution in [3.05, 3.63) is 77.9 Å². The van der Waals surface area contributed by atoms with Gasteiger partial charge in [-0.3, -0.25) is 4.79 Å². The Morgan fingerprint density at radius 2 is 1.40 bits per heavy atom. The molecule has 2 N–H and O–H groups in total. The molecule has 1 heterocycles. The molecular formula is C19H13N3O3. The second kappa shape index (κ2) is 5.76. The summed E-state index contributed by atoms with van der Waals surface area (Å²) in [6, 6.07) is 18.5. The Morgan fingerprint density at radius 3 is 2.04 bits per heavy atom. The van der Waals surface area contributed by atoms with Crippen molar-refractivity contribution in [2.75, 3.05) is 0 Å². The first-order chi connectivity index (χ1) is 12.1. The van der Waals surface area contributed by atoms with Crippen LogP contribution in [0.25, 0.3) is 16.7 Å². The Balaban J connectivity index is 1.87. The van der Waals surface area contributed by atoms with Gasteiger partial charge in [0.1, 0.15) is 16.8 Å². The summed E-state index contributed by atoms with van der Waals surface area (Å²) in [5.74, 6) is -0.937. The molecule has 0 fully saturated rings. The number of carbonyl (C=O) groups excluding carboxylic acids is 1. The number of nitrogens with zero attached hydrogens (tertiary/aromatic N) is 3. The van der Waals surface area contributed by atoms with Crippen LogP contribution in [-0.2, 0) is 0 Å². The molecule has 0 aliphatic heterocycles. The van der Waals surface area contributed by atoms with E-state index in [-0.39, 0.29) is 28.5 Å². The van der Waals surface area contributed by atoms with E-state index in [4.69, 9.17) is 0 Å². The second-order valence-corrected chi connectivity index (χ2v) is 5.50. The van der Waals surface area contributed by atoms with Crippen LogP contribution in [-0.4, -0.2) is 31.0 Å². The molecule has 0 aliphatic carbocycles. The molecule has 0 unspecified atom stereocenters. The summed E-state index contributed by atoms with van der Waals surface area (Å²) in [4.78, 5) is 13.8. The van der Waals surface area contributed by atoms with Crippen molar-refractivity contribution in [1.82, 2.24) is 15.0 Å². The monoisotopic (exact) mass is 331 g/mol. The number of rotatable bonds is 3. The Hall–Kier alpha value is -3.67.